The Morgan fingerprint density at radius 1 is 1.15 bits per heavy atom. The molecule has 1 saturated carbocycles. The second-order valence-corrected chi connectivity index (χ2v) is 6.92. The first-order valence-electron chi connectivity index (χ1n) is 8.26. The molecule has 0 spiro atoms. The van der Waals surface area contributed by atoms with Crippen LogP contribution in [0.3, 0.4) is 0 Å². The lowest BCUT2D eigenvalue weighted by Gasteiger charge is -2.25. The van der Waals surface area contributed by atoms with Gasteiger partial charge in [0.15, 0.2) is 0 Å². The standard InChI is InChI=1S/C18H28N2/c1-14(2)18(16-6-4-3-5-7-16)19-12-15-10-11-20(13-15)17-8-9-17/h3-7,14-15,17-19H,8-13H2,1-2H3. The van der Waals surface area contributed by atoms with Gasteiger partial charge in [-0.1, -0.05) is 44.2 Å². The second kappa shape index (κ2) is 6.28. The zero-order valence-corrected chi connectivity index (χ0v) is 12.9. The van der Waals surface area contributed by atoms with E-state index < -0.39 is 0 Å². The van der Waals surface area contributed by atoms with Gasteiger partial charge >= 0.3 is 0 Å². The molecule has 1 saturated heterocycles. The van der Waals surface area contributed by atoms with Crippen molar-refractivity contribution in [2.45, 2.75) is 45.2 Å². The summed E-state index contributed by atoms with van der Waals surface area (Å²) in [6, 6.07) is 12.3. The van der Waals surface area contributed by atoms with Crippen molar-refractivity contribution in [2.75, 3.05) is 19.6 Å². The van der Waals surface area contributed by atoms with Gasteiger partial charge in [0.1, 0.15) is 0 Å². The summed E-state index contributed by atoms with van der Waals surface area (Å²) in [5.74, 6) is 1.49. The van der Waals surface area contributed by atoms with Gasteiger partial charge in [0.05, 0.1) is 0 Å². The van der Waals surface area contributed by atoms with E-state index in [2.05, 4.69) is 54.4 Å². The fourth-order valence-corrected chi connectivity index (χ4v) is 3.49. The SMILES string of the molecule is CC(C)C(NCC1CCN(C2CC2)C1)c1ccccc1. The molecule has 1 aromatic rings. The van der Waals surface area contributed by atoms with Crippen molar-refractivity contribution in [3.63, 3.8) is 0 Å². The molecule has 2 heteroatoms. The summed E-state index contributed by atoms with van der Waals surface area (Å²) in [7, 11) is 0. The van der Waals surface area contributed by atoms with E-state index in [1.54, 1.807) is 0 Å². The fraction of sp³-hybridized carbons (Fsp3) is 0.667. The molecule has 2 unspecified atom stereocenters. The number of hydrogen-bond donors (Lipinski definition) is 1. The zero-order chi connectivity index (χ0) is 13.9. The van der Waals surface area contributed by atoms with E-state index in [0.717, 1.165) is 12.0 Å². The van der Waals surface area contributed by atoms with Gasteiger partial charge in [-0.3, -0.25) is 0 Å². The maximum Gasteiger partial charge on any atom is 0.0343 e. The number of nitrogens with one attached hydrogen (secondary N) is 1. The van der Waals surface area contributed by atoms with E-state index in [1.807, 2.05) is 0 Å². The van der Waals surface area contributed by atoms with Crippen LogP contribution in [0, 0.1) is 11.8 Å². The Labute approximate surface area is 123 Å². The maximum absolute atomic E-state index is 3.83. The normalized spacial score (nSPS) is 25.2. The van der Waals surface area contributed by atoms with Crippen LogP contribution < -0.4 is 5.32 Å². The Morgan fingerprint density at radius 2 is 1.90 bits per heavy atom. The average molecular weight is 272 g/mol. The van der Waals surface area contributed by atoms with Crippen LogP contribution in [0.2, 0.25) is 0 Å². The largest absolute Gasteiger partial charge is 0.309 e. The molecular weight excluding hydrogens is 244 g/mol. The summed E-state index contributed by atoms with van der Waals surface area (Å²) in [5, 5.41) is 3.83. The van der Waals surface area contributed by atoms with Gasteiger partial charge in [0.2, 0.25) is 0 Å². The molecule has 2 nitrogen and oxygen atoms in total. The molecule has 2 fully saturated rings. The predicted molar refractivity (Wildman–Crippen MR) is 84.7 cm³/mol. The average Bonchev–Trinajstić information content (AvgIpc) is 3.20. The second-order valence-electron chi connectivity index (χ2n) is 6.92. The molecule has 1 aromatic carbocycles. The van der Waals surface area contributed by atoms with E-state index in [9.17, 15) is 0 Å². The lowest BCUT2D eigenvalue weighted by molar-refractivity contribution is 0.304. The lowest BCUT2D eigenvalue weighted by atomic mass is 9.95. The predicted octanol–water partition coefficient (Wildman–Crippen LogP) is 3.46. The Kier molecular flexibility index (Phi) is 4.42. The van der Waals surface area contributed by atoms with Crippen LogP contribution in [0.15, 0.2) is 30.3 Å². The Bertz CT molecular complexity index is 411. The van der Waals surface area contributed by atoms with Crippen molar-refractivity contribution >= 4 is 0 Å². The first kappa shape index (κ1) is 14.1. The zero-order valence-electron chi connectivity index (χ0n) is 12.9. The molecule has 1 aliphatic heterocycles. The van der Waals surface area contributed by atoms with Gasteiger partial charge in [0, 0.05) is 18.6 Å². The number of hydrogen-bond acceptors (Lipinski definition) is 2. The van der Waals surface area contributed by atoms with E-state index in [1.165, 1.54) is 44.5 Å². The van der Waals surface area contributed by atoms with Crippen LogP contribution in [0.25, 0.3) is 0 Å². The summed E-state index contributed by atoms with van der Waals surface area (Å²) in [6.07, 6.45) is 4.26. The van der Waals surface area contributed by atoms with Gasteiger partial charge in [-0.15, -0.1) is 0 Å². The summed E-state index contributed by atoms with van der Waals surface area (Å²) >= 11 is 0. The fourth-order valence-electron chi connectivity index (χ4n) is 3.49. The first-order chi connectivity index (χ1) is 9.74. The molecule has 110 valence electrons. The highest BCUT2D eigenvalue weighted by Gasteiger charge is 2.34. The third kappa shape index (κ3) is 3.42. The van der Waals surface area contributed by atoms with Gasteiger partial charge in [-0.05, 0) is 49.8 Å². The minimum atomic E-state index is 0.492. The minimum absolute atomic E-state index is 0.492. The van der Waals surface area contributed by atoms with Gasteiger partial charge in [-0.25, -0.2) is 0 Å². The van der Waals surface area contributed by atoms with Gasteiger partial charge < -0.3 is 10.2 Å². The van der Waals surface area contributed by atoms with Crippen molar-refractivity contribution in [1.82, 2.24) is 10.2 Å². The van der Waals surface area contributed by atoms with Crippen LogP contribution in [0.1, 0.15) is 44.7 Å². The van der Waals surface area contributed by atoms with Crippen LogP contribution in [0.5, 0.6) is 0 Å². The van der Waals surface area contributed by atoms with E-state index in [-0.39, 0.29) is 0 Å². The number of rotatable bonds is 6. The molecule has 0 aromatic heterocycles. The smallest absolute Gasteiger partial charge is 0.0343 e. The molecule has 1 heterocycles. The Morgan fingerprint density at radius 3 is 2.55 bits per heavy atom. The number of nitrogens with zero attached hydrogens (tertiary/aromatic N) is 1. The van der Waals surface area contributed by atoms with Crippen molar-refractivity contribution in [2.24, 2.45) is 11.8 Å². The molecule has 0 amide bonds. The maximum atomic E-state index is 3.83. The van der Waals surface area contributed by atoms with Crippen LogP contribution >= 0.6 is 0 Å². The van der Waals surface area contributed by atoms with Crippen LogP contribution in [-0.4, -0.2) is 30.6 Å². The van der Waals surface area contributed by atoms with Gasteiger partial charge in [0.25, 0.3) is 0 Å². The molecule has 2 aliphatic rings. The van der Waals surface area contributed by atoms with Crippen molar-refractivity contribution in [3.8, 4) is 0 Å². The van der Waals surface area contributed by atoms with E-state index in [0.29, 0.717) is 12.0 Å². The molecule has 0 radical (unpaired) electrons. The van der Waals surface area contributed by atoms with E-state index >= 15 is 0 Å². The van der Waals surface area contributed by atoms with Crippen molar-refractivity contribution < 1.29 is 0 Å². The molecule has 3 rings (SSSR count). The van der Waals surface area contributed by atoms with Gasteiger partial charge in [-0.2, -0.15) is 0 Å². The first-order valence-corrected chi connectivity index (χ1v) is 8.26. The molecular formula is C18H28N2. The lowest BCUT2D eigenvalue weighted by Crippen LogP contribution is -2.32. The van der Waals surface area contributed by atoms with Crippen LogP contribution in [-0.2, 0) is 0 Å². The number of likely N-dealkylation sites (tertiary alicyclic amines) is 1. The minimum Gasteiger partial charge on any atom is -0.309 e. The topological polar surface area (TPSA) is 15.3 Å². The third-order valence-electron chi connectivity index (χ3n) is 4.83. The van der Waals surface area contributed by atoms with Crippen LogP contribution in [0.4, 0.5) is 0 Å². The monoisotopic (exact) mass is 272 g/mol. The summed E-state index contributed by atoms with van der Waals surface area (Å²) in [5.41, 5.74) is 1.43. The van der Waals surface area contributed by atoms with E-state index in [4.69, 9.17) is 0 Å². The Hall–Kier alpha value is -0.860. The summed E-state index contributed by atoms with van der Waals surface area (Å²) < 4.78 is 0. The Balaban J connectivity index is 1.52. The molecule has 1 N–H and O–H groups in total. The highest BCUT2D eigenvalue weighted by Crippen LogP contribution is 2.32. The molecule has 2 atom stereocenters. The number of benzene rings is 1. The summed E-state index contributed by atoms with van der Waals surface area (Å²) in [6.45, 7) is 8.44. The quantitative estimate of drug-likeness (QED) is 0.853. The summed E-state index contributed by atoms with van der Waals surface area (Å²) in [4.78, 5) is 2.71. The molecule has 1 aliphatic carbocycles. The third-order valence-corrected chi connectivity index (χ3v) is 4.83. The molecule has 0 bridgehead atoms. The molecule has 20 heavy (non-hydrogen) atoms. The van der Waals surface area contributed by atoms with Crippen molar-refractivity contribution in [3.05, 3.63) is 35.9 Å². The van der Waals surface area contributed by atoms with Crippen molar-refractivity contribution in [1.29, 1.82) is 0 Å². The highest BCUT2D eigenvalue weighted by molar-refractivity contribution is 5.19. The highest BCUT2D eigenvalue weighted by atomic mass is 15.2.